The van der Waals surface area contributed by atoms with Crippen molar-refractivity contribution in [2.75, 3.05) is 12.3 Å². The van der Waals surface area contributed by atoms with E-state index in [4.69, 9.17) is 4.74 Å². The maximum absolute atomic E-state index is 12.2. The van der Waals surface area contributed by atoms with Crippen LogP contribution in [0.2, 0.25) is 0 Å². The third-order valence-electron chi connectivity index (χ3n) is 5.11. The predicted octanol–water partition coefficient (Wildman–Crippen LogP) is 5.12. The molecule has 36 heavy (non-hydrogen) atoms. The van der Waals surface area contributed by atoms with Gasteiger partial charge in [0.15, 0.2) is 5.12 Å². The van der Waals surface area contributed by atoms with Crippen LogP contribution >= 0.6 is 11.8 Å². The highest BCUT2D eigenvalue weighted by atomic mass is 32.2. The highest BCUT2D eigenvalue weighted by Gasteiger charge is 2.05. The van der Waals surface area contributed by atoms with Crippen molar-refractivity contribution in [1.82, 2.24) is 10.6 Å². The van der Waals surface area contributed by atoms with Crippen molar-refractivity contribution in [3.05, 3.63) is 71.9 Å². The van der Waals surface area contributed by atoms with Gasteiger partial charge in [-0.05, 0) is 61.6 Å². The van der Waals surface area contributed by atoms with E-state index in [0.717, 1.165) is 53.5 Å². The Labute approximate surface area is 217 Å². The first-order chi connectivity index (χ1) is 17.3. The second-order valence-electron chi connectivity index (χ2n) is 8.32. The van der Waals surface area contributed by atoms with Crippen LogP contribution in [0.4, 0.5) is 0 Å². The number of aliphatic imine (C=N–C) groups is 1. The number of carbonyl (C=O) groups is 3. The van der Waals surface area contributed by atoms with Gasteiger partial charge in [-0.2, -0.15) is 0 Å². The van der Waals surface area contributed by atoms with E-state index < -0.39 is 0 Å². The molecule has 2 amide bonds. The molecule has 0 aliphatic heterocycles. The molecule has 0 saturated heterocycles. The monoisotopic (exact) mass is 509 g/mol. The Morgan fingerprint density at radius 2 is 1.72 bits per heavy atom. The lowest BCUT2D eigenvalue weighted by molar-refractivity contribution is -0.120. The van der Waals surface area contributed by atoms with Gasteiger partial charge in [-0.15, -0.1) is 0 Å². The van der Waals surface area contributed by atoms with Crippen molar-refractivity contribution >= 4 is 40.1 Å². The molecular formula is C28H35N3O4S. The Morgan fingerprint density at radius 1 is 0.944 bits per heavy atom. The van der Waals surface area contributed by atoms with Crippen molar-refractivity contribution in [2.24, 2.45) is 4.99 Å². The van der Waals surface area contributed by atoms with Gasteiger partial charge in [0.25, 0.3) is 0 Å². The molecule has 0 heterocycles. The Kier molecular flexibility index (Phi) is 13.1. The summed E-state index contributed by atoms with van der Waals surface area (Å²) < 4.78 is 5.83. The summed E-state index contributed by atoms with van der Waals surface area (Å²) in [6, 6.07) is 17.8. The molecule has 2 aromatic carbocycles. The minimum absolute atomic E-state index is 0.0699. The fraction of sp³-hybridized carbons (Fsp3) is 0.357. The number of allylic oxidation sites excluding steroid dienone is 1. The van der Waals surface area contributed by atoms with Crippen LogP contribution in [-0.2, 0) is 21.0 Å². The molecule has 0 atom stereocenters. The number of rotatable bonds is 13. The maximum atomic E-state index is 12.2. The van der Waals surface area contributed by atoms with Gasteiger partial charge in [-0.1, -0.05) is 54.6 Å². The lowest BCUT2D eigenvalue weighted by Crippen LogP contribution is -2.28. The quantitative estimate of drug-likeness (QED) is 0.222. The molecule has 0 aromatic heterocycles. The van der Waals surface area contributed by atoms with Crippen LogP contribution in [0, 0.1) is 0 Å². The van der Waals surface area contributed by atoms with Crippen LogP contribution in [0.3, 0.4) is 0 Å². The van der Waals surface area contributed by atoms with Crippen LogP contribution in [0.25, 0.3) is 5.57 Å². The van der Waals surface area contributed by atoms with Crippen molar-refractivity contribution in [1.29, 1.82) is 0 Å². The minimum Gasteiger partial charge on any atom is -0.489 e. The van der Waals surface area contributed by atoms with Gasteiger partial charge in [-0.3, -0.25) is 14.4 Å². The molecule has 2 rings (SSSR count). The molecule has 0 fully saturated rings. The van der Waals surface area contributed by atoms with Gasteiger partial charge in [-0.25, -0.2) is 4.99 Å². The fourth-order valence-electron chi connectivity index (χ4n) is 3.19. The normalized spacial score (nSPS) is 11.6. The van der Waals surface area contributed by atoms with Crippen LogP contribution in [0.5, 0.6) is 5.75 Å². The van der Waals surface area contributed by atoms with Gasteiger partial charge in [0.05, 0.1) is 5.75 Å². The highest BCUT2D eigenvalue weighted by Crippen LogP contribution is 2.17. The Morgan fingerprint density at radius 3 is 2.47 bits per heavy atom. The van der Waals surface area contributed by atoms with Crippen molar-refractivity contribution in [2.45, 2.75) is 53.1 Å². The third-order valence-corrected chi connectivity index (χ3v) is 5.93. The SMILES string of the molecule is CC(=O)SCC(=O)NCCCCCC(=O)NC(C)=N/C=C(\C)c1cccc(COc2ccccc2)c1. The Bertz CT molecular complexity index is 1070. The molecule has 2 aromatic rings. The van der Waals surface area contributed by atoms with Gasteiger partial charge in [0.1, 0.15) is 18.2 Å². The summed E-state index contributed by atoms with van der Waals surface area (Å²) in [6.45, 7) is 6.21. The lowest BCUT2D eigenvalue weighted by atomic mass is 10.1. The average Bonchev–Trinajstić information content (AvgIpc) is 2.87. The molecule has 2 N–H and O–H groups in total. The fourth-order valence-corrected chi connectivity index (χ4v) is 3.62. The number of ether oxygens (including phenoxy) is 1. The van der Waals surface area contributed by atoms with E-state index in [-0.39, 0.29) is 22.7 Å². The zero-order valence-electron chi connectivity index (χ0n) is 21.2. The molecule has 7 nitrogen and oxygen atoms in total. The number of hydrogen-bond donors (Lipinski definition) is 2. The number of benzene rings is 2. The number of amides is 2. The molecule has 8 heteroatoms. The van der Waals surface area contributed by atoms with E-state index in [9.17, 15) is 14.4 Å². The third kappa shape index (κ3) is 12.4. The van der Waals surface area contributed by atoms with Crippen molar-refractivity contribution in [3.63, 3.8) is 0 Å². The van der Waals surface area contributed by atoms with Gasteiger partial charge < -0.3 is 15.4 Å². The highest BCUT2D eigenvalue weighted by molar-refractivity contribution is 8.14. The van der Waals surface area contributed by atoms with Crippen molar-refractivity contribution in [3.8, 4) is 5.75 Å². The summed E-state index contributed by atoms with van der Waals surface area (Å²) in [7, 11) is 0. The summed E-state index contributed by atoms with van der Waals surface area (Å²) in [5.74, 6) is 1.30. The topological polar surface area (TPSA) is 96.9 Å². The number of thioether (sulfide) groups is 1. The summed E-state index contributed by atoms with van der Waals surface area (Å²) in [5, 5.41) is 5.52. The van der Waals surface area contributed by atoms with Crippen LogP contribution in [-0.4, -0.2) is 35.1 Å². The van der Waals surface area contributed by atoms with Gasteiger partial charge in [0.2, 0.25) is 11.8 Å². The largest absolute Gasteiger partial charge is 0.489 e. The first kappa shape index (κ1) is 28.8. The second kappa shape index (κ2) is 16.3. The Hall–Kier alpha value is -3.39. The smallest absolute Gasteiger partial charge is 0.230 e. The molecule has 0 aliphatic rings. The van der Waals surface area contributed by atoms with E-state index in [2.05, 4.69) is 21.7 Å². The predicted molar refractivity (Wildman–Crippen MR) is 147 cm³/mol. The second-order valence-corrected chi connectivity index (χ2v) is 9.47. The van der Waals surface area contributed by atoms with Crippen LogP contribution in [0.1, 0.15) is 57.6 Å². The van der Waals surface area contributed by atoms with Crippen LogP contribution < -0.4 is 15.4 Å². The molecule has 0 aliphatic carbocycles. The van der Waals surface area contributed by atoms with E-state index in [1.807, 2.05) is 55.5 Å². The van der Waals surface area contributed by atoms with E-state index >= 15 is 0 Å². The summed E-state index contributed by atoms with van der Waals surface area (Å²) in [4.78, 5) is 38.9. The number of nitrogens with zero attached hydrogens (tertiary/aromatic N) is 1. The molecule has 0 saturated carbocycles. The lowest BCUT2D eigenvalue weighted by Gasteiger charge is -2.08. The molecule has 192 valence electrons. The molecule has 0 spiro atoms. The number of para-hydroxylation sites is 1. The number of unbranched alkanes of at least 4 members (excludes halogenated alkanes) is 2. The number of carbonyl (C=O) groups excluding carboxylic acids is 3. The standard InChI is InChI=1S/C28H35N3O4S/c1-21(25-12-10-11-24(17-25)19-35-26-13-6-4-7-14-26)18-30-22(2)31-27(33)15-8-5-9-16-29-28(34)20-36-23(3)32/h4,6-7,10-14,17-18H,5,8-9,15-16,19-20H2,1-3H3,(H,29,34)(H,30,31,33)/b21-18+. The average molecular weight is 510 g/mol. The molecule has 0 radical (unpaired) electrons. The molecule has 0 bridgehead atoms. The number of hydrogen-bond acceptors (Lipinski definition) is 6. The maximum Gasteiger partial charge on any atom is 0.230 e. The Balaban J connectivity index is 1.70. The number of amidine groups is 1. The first-order valence-electron chi connectivity index (χ1n) is 12.0. The first-order valence-corrected chi connectivity index (χ1v) is 13.0. The van der Waals surface area contributed by atoms with E-state index in [1.165, 1.54) is 6.92 Å². The van der Waals surface area contributed by atoms with E-state index in [0.29, 0.717) is 25.4 Å². The number of nitrogens with one attached hydrogen (secondary N) is 2. The van der Waals surface area contributed by atoms with Gasteiger partial charge >= 0.3 is 0 Å². The summed E-state index contributed by atoms with van der Waals surface area (Å²) >= 11 is 0.999. The summed E-state index contributed by atoms with van der Waals surface area (Å²) in [5.41, 5.74) is 3.08. The molecular weight excluding hydrogens is 474 g/mol. The summed E-state index contributed by atoms with van der Waals surface area (Å²) in [6.07, 6.45) is 4.48. The van der Waals surface area contributed by atoms with Crippen molar-refractivity contribution < 1.29 is 19.1 Å². The minimum atomic E-state index is -0.143. The molecule has 0 unspecified atom stereocenters. The zero-order chi connectivity index (χ0) is 26.2. The zero-order valence-corrected chi connectivity index (χ0v) is 22.0. The van der Waals surface area contributed by atoms with Gasteiger partial charge in [0, 0.05) is 26.1 Å². The van der Waals surface area contributed by atoms with E-state index in [1.54, 1.807) is 13.1 Å². The van der Waals surface area contributed by atoms with Crippen LogP contribution in [0.15, 0.2) is 65.8 Å².